The van der Waals surface area contributed by atoms with Crippen molar-refractivity contribution in [2.24, 2.45) is 5.92 Å². The molecule has 0 aliphatic carbocycles. The number of hydrogen-bond donors (Lipinski definition) is 2. The molecule has 0 fully saturated rings. The van der Waals surface area contributed by atoms with Gasteiger partial charge in [0, 0.05) is 5.92 Å². The molecule has 0 spiro atoms. The lowest BCUT2D eigenvalue weighted by Gasteiger charge is -2.22. The summed E-state index contributed by atoms with van der Waals surface area (Å²) in [6, 6.07) is 0. The van der Waals surface area contributed by atoms with Crippen molar-refractivity contribution in [3.63, 3.8) is 0 Å². The van der Waals surface area contributed by atoms with Crippen molar-refractivity contribution in [1.29, 1.82) is 0 Å². The maximum Gasteiger partial charge on any atom is 0.509 e. The zero-order chi connectivity index (χ0) is 8.36. The molecule has 0 amide bonds. The first-order valence-electron chi connectivity index (χ1n) is 2.69. The predicted octanol–water partition coefficient (Wildman–Crippen LogP) is 1.22. The van der Waals surface area contributed by atoms with Gasteiger partial charge in [0.2, 0.25) is 0 Å². The van der Waals surface area contributed by atoms with Gasteiger partial charge in [-0.15, -0.1) is 0 Å². The molecule has 0 aliphatic rings. The van der Waals surface area contributed by atoms with Gasteiger partial charge in [-0.1, -0.05) is 13.8 Å². The van der Waals surface area contributed by atoms with Gasteiger partial charge < -0.3 is 14.9 Å². The fourth-order valence-corrected chi connectivity index (χ4v) is 0.306. The van der Waals surface area contributed by atoms with Crippen LogP contribution in [0.15, 0.2) is 0 Å². The highest BCUT2D eigenvalue weighted by Gasteiger charge is 2.32. The number of aliphatic hydroxyl groups is 1. The Hall–Kier alpha value is -0.480. The van der Waals surface area contributed by atoms with Gasteiger partial charge in [-0.3, -0.25) is 0 Å². The zero-order valence-corrected chi connectivity index (χ0v) is 6.42. The normalized spacial score (nSPS) is 16.5. The summed E-state index contributed by atoms with van der Waals surface area (Å²) >= 11 is 5.22. The van der Waals surface area contributed by atoms with Crippen LogP contribution in [0.1, 0.15) is 13.8 Å². The van der Waals surface area contributed by atoms with Crippen LogP contribution in [0.5, 0.6) is 0 Å². The van der Waals surface area contributed by atoms with Gasteiger partial charge in [0.1, 0.15) is 0 Å². The standard InChI is InChI=1S/C5H9ClO4/c1-3(2)5(6,9)10-4(7)8/h3,9H,1-2H3,(H,7,8). The summed E-state index contributed by atoms with van der Waals surface area (Å²) in [6.45, 7) is 3.08. The number of rotatable bonds is 2. The topological polar surface area (TPSA) is 66.8 Å². The molecule has 0 saturated heterocycles. The van der Waals surface area contributed by atoms with Crippen LogP contribution < -0.4 is 0 Å². The van der Waals surface area contributed by atoms with E-state index >= 15 is 0 Å². The average Bonchev–Trinajstić information content (AvgIpc) is 1.60. The molecule has 0 saturated carbocycles. The summed E-state index contributed by atoms with van der Waals surface area (Å²) in [5, 5.41) is 14.9. The van der Waals surface area contributed by atoms with E-state index in [0.717, 1.165) is 0 Å². The molecule has 0 aromatic rings. The number of hydrogen-bond acceptors (Lipinski definition) is 3. The highest BCUT2D eigenvalue weighted by molar-refractivity contribution is 6.22. The Balaban J connectivity index is 3.99. The summed E-state index contributed by atoms with van der Waals surface area (Å²) in [5.41, 5.74) is 0. The van der Waals surface area contributed by atoms with Crippen LogP contribution in [0.4, 0.5) is 4.79 Å². The van der Waals surface area contributed by atoms with E-state index in [9.17, 15) is 4.79 Å². The SMILES string of the molecule is CC(C)C(O)(Cl)OC(=O)O. The van der Waals surface area contributed by atoms with Crippen molar-refractivity contribution in [1.82, 2.24) is 0 Å². The third kappa shape index (κ3) is 2.89. The molecule has 0 rings (SSSR count). The van der Waals surface area contributed by atoms with E-state index in [-0.39, 0.29) is 0 Å². The molecule has 5 heteroatoms. The molecular weight excluding hydrogens is 160 g/mol. The summed E-state index contributed by atoms with van der Waals surface area (Å²) in [7, 11) is 0. The Labute approximate surface area is 63.4 Å². The smallest absolute Gasteiger partial charge is 0.450 e. The van der Waals surface area contributed by atoms with Gasteiger partial charge in [-0.25, -0.2) is 4.79 Å². The quantitative estimate of drug-likeness (QED) is 0.370. The lowest BCUT2D eigenvalue weighted by atomic mass is 10.2. The van der Waals surface area contributed by atoms with Gasteiger partial charge >= 0.3 is 6.16 Å². The maximum atomic E-state index is 9.85. The summed E-state index contributed by atoms with van der Waals surface area (Å²) in [4.78, 5) is 9.85. The van der Waals surface area contributed by atoms with E-state index in [4.69, 9.17) is 21.8 Å². The first kappa shape index (κ1) is 9.52. The Morgan fingerprint density at radius 2 is 2.10 bits per heavy atom. The third-order valence-electron chi connectivity index (χ3n) is 0.943. The van der Waals surface area contributed by atoms with Crippen LogP contribution in [0, 0.1) is 5.92 Å². The molecule has 0 aromatic carbocycles. The highest BCUT2D eigenvalue weighted by atomic mass is 35.5. The predicted molar refractivity (Wildman–Crippen MR) is 34.8 cm³/mol. The van der Waals surface area contributed by atoms with Crippen LogP contribution in [-0.2, 0) is 4.74 Å². The fourth-order valence-electron chi connectivity index (χ4n) is 0.240. The number of carbonyl (C=O) groups is 1. The molecule has 0 bridgehead atoms. The van der Waals surface area contributed by atoms with Gasteiger partial charge in [-0.05, 0) is 11.6 Å². The van der Waals surface area contributed by atoms with Crippen molar-refractivity contribution < 1.29 is 19.7 Å². The van der Waals surface area contributed by atoms with Gasteiger partial charge in [0.25, 0.3) is 5.25 Å². The second kappa shape index (κ2) is 3.07. The summed E-state index contributed by atoms with van der Waals surface area (Å²) < 4.78 is 3.94. The Bertz CT molecular complexity index is 132. The molecule has 4 nitrogen and oxygen atoms in total. The fraction of sp³-hybridized carbons (Fsp3) is 0.800. The second-order valence-electron chi connectivity index (χ2n) is 2.13. The number of carboxylic acid groups (broad SMARTS) is 1. The summed E-state index contributed by atoms with van der Waals surface area (Å²) in [5.74, 6) is -0.481. The Morgan fingerprint density at radius 1 is 1.70 bits per heavy atom. The van der Waals surface area contributed by atoms with Crippen LogP contribution in [0.25, 0.3) is 0 Å². The highest BCUT2D eigenvalue weighted by Crippen LogP contribution is 2.22. The molecule has 0 heterocycles. The van der Waals surface area contributed by atoms with Gasteiger partial charge in [0.05, 0.1) is 0 Å². The Morgan fingerprint density at radius 3 is 2.20 bits per heavy atom. The van der Waals surface area contributed by atoms with E-state index in [2.05, 4.69) is 4.74 Å². The van der Waals surface area contributed by atoms with Crippen molar-refractivity contribution >= 4 is 17.8 Å². The summed E-state index contributed by atoms with van der Waals surface area (Å²) in [6.07, 6.45) is -1.59. The lowest BCUT2D eigenvalue weighted by molar-refractivity contribution is -0.135. The van der Waals surface area contributed by atoms with Crippen molar-refractivity contribution in [2.75, 3.05) is 0 Å². The van der Waals surface area contributed by atoms with E-state index in [1.54, 1.807) is 0 Å². The molecular formula is C5H9ClO4. The Kier molecular flexibility index (Phi) is 2.93. The average molecular weight is 169 g/mol. The van der Waals surface area contributed by atoms with Gasteiger partial charge in [-0.2, -0.15) is 0 Å². The molecule has 0 aliphatic heterocycles. The van der Waals surface area contributed by atoms with Crippen molar-refractivity contribution in [3.05, 3.63) is 0 Å². The molecule has 10 heavy (non-hydrogen) atoms. The number of ether oxygens (including phenoxy) is 1. The largest absolute Gasteiger partial charge is 0.509 e. The lowest BCUT2D eigenvalue weighted by Crippen LogP contribution is -2.33. The van der Waals surface area contributed by atoms with Gasteiger partial charge in [0.15, 0.2) is 0 Å². The first-order valence-corrected chi connectivity index (χ1v) is 3.07. The molecule has 0 radical (unpaired) electrons. The van der Waals surface area contributed by atoms with Crippen molar-refractivity contribution in [3.8, 4) is 0 Å². The minimum absolute atomic E-state index is 0.481. The first-order chi connectivity index (χ1) is 4.36. The van der Waals surface area contributed by atoms with Crippen LogP contribution in [0.2, 0.25) is 0 Å². The molecule has 1 unspecified atom stereocenters. The third-order valence-corrected chi connectivity index (χ3v) is 1.46. The number of halogens is 1. The zero-order valence-electron chi connectivity index (χ0n) is 5.67. The van der Waals surface area contributed by atoms with Crippen LogP contribution >= 0.6 is 11.6 Å². The minimum Gasteiger partial charge on any atom is -0.450 e. The van der Waals surface area contributed by atoms with E-state index in [1.165, 1.54) is 13.8 Å². The van der Waals surface area contributed by atoms with Crippen molar-refractivity contribution in [2.45, 2.75) is 19.1 Å². The molecule has 1 atom stereocenters. The maximum absolute atomic E-state index is 9.85. The molecule has 60 valence electrons. The molecule has 0 aromatic heterocycles. The van der Waals surface area contributed by atoms with Crippen LogP contribution in [0.3, 0.4) is 0 Å². The van der Waals surface area contributed by atoms with Crippen LogP contribution in [-0.4, -0.2) is 21.6 Å². The second-order valence-corrected chi connectivity index (χ2v) is 2.67. The number of alkyl halides is 1. The molecule has 2 N–H and O–H groups in total. The van der Waals surface area contributed by atoms with E-state index in [1.807, 2.05) is 0 Å². The van der Waals surface area contributed by atoms with E-state index < -0.39 is 17.3 Å². The minimum atomic E-state index is -2.11. The van der Waals surface area contributed by atoms with E-state index in [0.29, 0.717) is 0 Å². The monoisotopic (exact) mass is 168 g/mol.